The summed E-state index contributed by atoms with van der Waals surface area (Å²) in [4.78, 5) is 0. The first-order valence-corrected chi connectivity index (χ1v) is 12.5. The average Bonchev–Trinajstić information content (AvgIpc) is 2.75. The maximum atomic E-state index is 13.7. The molecular formula is C23H40O2S. The molecule has 0 saturated carbocycles. The molecule has 2 fully saturated rings. The largest absolute Gasteiger partial charge is 0.228 e. The first-order valence-electron chi connectivity index (χ1n) is 11.0. The van der Waals surface area contributed by atoms with Crippen molar-refractivity contribution < 1.29 is 8.42 Å². The minimum atomic E-state index is -3.02. The van der Waals surface area contributed by atoms with E-state index < -0.39 is 9.84 Å². The van der Waals surface area contributed by atoms with Crippen molar-refractivity contribution in [3.05, 3.63) is 25.3 Å². The molecule has 0 aromatic rings. The van der Waals surface area contributed by atoms with Crippen molar-refractivity contribution in [2.75, 3.05) is 0 Å². The molecule has 2 saturated heterocycles. The topological polar surface area (TPSA) is 34.1 Å². The molecular weight excluding hydrogens is 340 g/mol. The van der Waals surface area contributed by atoms with Crippen molar-refractivity contribution in [1.29, 1.82) is 0 Å². The van der Waals surface area contributed by atoms with E-state index in [0.29, 0.717) is 0 Å². The van der Waals surface area contributed by atoms with Gasteiger partial charge in [-0.2, -0.15) is 0 Å². The second-order valence-electron chi connectivity index (χ2n) is 8.71. The number of fused-ring (bicyclic) bond motifs is 2. The van der Waals surface area contributed by atoms with Crippen LogP contribution in [-0.4, -0.2) is 17.9 Å². The van der Waals surface area contributed by atoms with E-state index in [-0.39, 0.29) is 9.49 Å². The van der Waals surface area contributed by atoms with E-state index in [4.69, 9.17) is 0 Å². The van der Waals surface area contributed by atoms with Crippen LogP contribution >= 0.6 is 0 Å². The average molecular weight is 381 g/mol. The Hall–Kier alpha value is -0.570. The second kappa shape index (κ2) is 10.1. The molecule has 2 heterocycles. The van der Waals surface area contributed by atoms with E-state index in [0.717, 1.165) is 89.9 Å². The molecule has 2 atom stereocenters. The normalized spacial score (nSPS) is 30.0. The SMILES string of the molecule is C=CCCCCCC[C@@]12CCCC[C@@](CCCCCC=C)(CC1)S2(=O)=O. The van der Waals surface area contributed by atoms with E-state index in [9.17, 15) is 8.42 Å². The van der Waals surface area contributed by atoms with Crippen LogP contribution in [0.15, 0.2) is 25.3 Å². The van der Waals surface area contributed by atoms with Crippen molar-refractivity contribution >= 4 is 9.84 Å². The molecule has 0 unspecified atom stereocenters. The highest BCUT2D eigenvalue weighted by atomic mass is 32.2. The van der Waals surface area contributed by atoms with Gasteiger partial charge in [-0.15, -0.1) is 13.2 Å². The fourth-order valence-corrected chi connectivity index (χ4v) is 8.68. The Kier molecular flexibility index (Phi) is 8.44. The van der Waals surface area contributed by atoms with Crippen molar-refractivity contribution in [2.45, 2.75) is 119 Å². The van der Waals surface area contributed by atoms with Gasteiger partial charge in [-0.05, 0) is 64.2 Å². The lowest BCUT2D eigenvalue weighted by Crippen LogP contribution is -2.43. The number of sulfone groups is 1. The van der Waals surface area contributed by atoms with E-state index in [1.54, 1.807) is 0 Å². The molecule has 2 bridgehead atoms. The number of rotatable bonds is 13. The lowest BCUT2D eigenvalue weighted by Gasteiger charge is -2.32. The molecule has 2 aliphatic heterocycles. The predicted molar refractivity (Wildman–Crippen MR) is 113 cm³/mol. The molecule has 0 amide bonds. The maximum absolute atomic E-state index is 13.7. The smallest absolute Gasteiger partial charge is 0.161 e. The zero-order chi connectivity index (χ0) is 18.9. The monoisotopic (exact) mass is 380 g/mol. The van der Waals surface area contributed by atoms with Gasteiger partial charge in [-0.1, -0.05) is 57.1 Å². The van der Waals surface area contributed by atoms with Crippen LogP contribution in [-0.2, 0) is 9.84 Å². The van der Waals surface area contributed by atoms with Crippen molar-refractivity contribution in [2.24, 2.45) is 0 Å². The maximum Gasteiger partial charge on any atom is 0.161 e. The molecule has 3 heteroatoms. The van der Waals surface area contributed by atoms with Gasteiger partial charge in [0.05, 0.1) is 9.49 Å². The van der Waals surface area contributed by atoms with E-state index in [2.05, 4.69) is 13.2 Å². The lowest BCUT2D eigenvalue weighted by atomic mass is 9.81. The fraction of sp³-hybridized carbons (Fsp3) is 0.826. The van der Waals surface area contributed by atoms with Crippen LogP contribution in [0.5, 0.6) is 0 Å². The highest BCUT2D eigenvalue weighted by Gasteiger charge is 2.61. The van der Waals surface area contributed by atoms with Gasteiger partial charge in [0, 0.05) is 0 Å². The fourth-order valence-electron chi connectivity index (χ4n) is 5.37. The van der Waals surface area contributed by atoms with Gasteiger partial charge in [-0.25, -0.2) is 8.42 Å². The number of hydrogen-bond donors (Lipinski definition) is 0. The van der Waals surface area contributed by atoms with Gasteiger partial charge in [0.25, 0.3) is 0 Å². The van der Waals surface area contributed by atoms with Gasteiger partial charge in [0.15, 0.2) is 9.84 Å². The first kappa shape index (κ1) is 21.7. The summed E-state index contributed by atoms with van der Waals surface area (Å²) >= 11 is 0. The molecule has 0 N–H and O–H groups in total. The van der Waals surface area contributed by atoms with Crippen LogP contribution in [0.3, 0.4) is 0 Å². The van der Waals surface area contributed by atoms with Crippen molar-refractivity contribution in [1.82, 2.24) is 0 Å². The number of hydrogen-bond acceptors (Lipinski definition) is 2. The minimum absolute atomic E-state index is 0.386. The summed E-state index contributed by atoms with van der Waals surface area (Å²) in [7, 11) is -3.02. The zero-order valence-electron chi connectivity index (χ0n) is 16.8. The van der Waals surface area contributed by atoms with E-state index in [1.165, 1.54) is 19.3 Å². The van der Waals surface area contributed by atoms with Gasteiger partial charge in [-0.3, -0.25) is 0 Å². The Labute approximate surface area is 162 Å². The number of allylic oxidation sites excluding steroid dienone is 2. The van der Waals surface area contributed by atoms with Gasteiger partial charge >= 0.3 is 0 Å². The summed E-state index contributed by atoms with van der Waals surface area (Å²) < 4.78 is 26.6. The summed E-state index contributed by atoms with van der Waals surface area (Å²) in [5.41, 5.74) is 0. The molecule has 0 spiro atoms. The molecule has 150 valence electrons. The summed E-state index contributed by atoms with van der Waals surface area (Å²) in [6.07, 6.45) is 21.8. The van der Waals surface area contributed by atoms with Gasteiger partial charge in [0.2, 0.25) is 0 Å². The molecule has 0 radical (unpaired) electrons. The predicted octanol–water partition coefficient (Wildman–Crippen LogP) is 6.91. The van der Waals surface area contributed by atoms with E-state index in [1.807, 2.05) is 12.2 Å². The summed E-state index contributed by atoms with van der Waals surface area (Å²) in [6.45, 7) is 7.56. The highest BCUT2D eigenvalue weighted by molar-refractivity contribution is 7.94. The Morgan fingerprint density at radius 2 is 1.08 bits per heavy atom. The number of unbranched alkanes of at least 4 members (excludes halogenated alkanes) is 7. The summed E-state index contributed by atoms with van der Waals surface area (Å²) in [5.74, 6) is 0. The van der Waals surface area contributed by atoms with Crippen LogP contribution < -0.4 is 0 Å². The molecule has 26 heavy (non-hydrogen) atoms. The zero-order valence-corrected chi connectivity index (χ0v) is 17.6. The first-order chi connectivity index (χ1) is 12.5. The molecule has 0 aliphatic carbocycles. The molecule has 2 nitrogen and oxygen atoms in total. The van der Waals surface area contributed by atoms with Gasteiger partial charge < -0.3 is 0 Å². The Morgan fingerprint density at radius 1 is 0.654 bits per heavy atom. The highest BCUT2D eigenvalue weighted by Crippen LogP contribution is 2.56. The van der Waals surface area contributed by atoms with Crippen LogP contribution in [0.1, 0.15) is 109 Å². The molecule has 0 aromatic heterocycles. The van der Waals surface area contributed by atoms with Crippen LogP contribution in [0.2, 0.25) is 0 Å². The van der Waals surface area contributed by atoms with Crippen molar-refractivity contribution in [3.8, 4) is 0 Å². The summed E-state index contributed by atoms with van der Waals surface area (Å²) in [6, 6.07) is 0. The van der Waals surface area contributed by atoms with E-state index >= 15 is 0 Å². The Bertz CT molecular complexity index is 551. The van der Waals surface area contributed by atoms with Gasteiger partial charge in [0.1, 0.15) is 0 Å². The standard InChI is InChI=1S/C23H40O2S/c1-3-5-7-9-11-13-17-23-19-15-14-18-22(20-21-23,26(23,24)25)16-12-10-8-6-4-2/h3-4H,1-2,5-21H2/t22-,23+/m0/s1. The van der Waals surface area contributed by atoms with Crippen LogP contribution in [0.25, 0.3) is 0 Å². The molecule has 0 aromatic carbocycles. The molecule has 2 rings (SSSR count). The second-order valence-corrected chi connectivity index (χ2v) is 11.4. The van der Waals surface area contributed by atoms with Crippen LogP contribution in [0, 0.1) is 0 Å². The summed E-state index contributed by atoms with van der Waals surface area (Å²) in [5, 5.41) is 0. The third-order valence-corrected chi connectivity index (χ3v) is 10.5. The minimum Gasteiger partial charge on any atom is -0.228 e. The third-order valence-electron chi connectivity index (χ3n) is 7.02. The molecule has 2 aliphatic rings. The Balaban J connectivity index is 1.97. The van der Waals surface area contributed by atoms with Crippen molar-refractivity contribution in [3.63, 3.8) is 0 Å². The van der Waals surface area contributed by atoms with Crippen LogP contribution in [0.4, 0.5) is 0 Å². The third kappa shape index (κ3) is 4.64. The Morgan fingerprint density at radius 3 is 1.54 bits per heavy atom. The lowest BCUT2D eigenvalue weighted by molar-refractivity contribution is 0.368. The quantitative estimate of drug-likeness (QED) is 0.257.